The first-order valence-corrected chi connectivity index (χ1v) is 9.59. The standard InChI is InChI=1S/C21H29N5O3.HI/c1-22-21(24-13-15-5-6-20(29-4)23-12-15)25-16-7-8-26(14-16)17-9-18(27-2)11-19(10-17)28-3;/h5-6,9-12,16H,7-8,13-14H2,1-4H3,(H2,22,24,25);1H. The van der Waals surface area contributed by atoms with Gasteiger partial charge in [-0.15, -0.1) is 24.0 Å². The highest BCUT2D eigenvalue weighted by Gasteiger charge is 2.24. The Labute approximate surface area is 195 Å². The van der Waals surface area contributed by atoms with Crippen LogP contribution in [0.5, 0.6) is 17.4 Å². The average Bonchev–Trinajstić information content (AvgIpc) is 3.25. The molecule has 1 aliphatic heterocycles. The third-order valence-corrected chi connectivity index (χ3v) is 4.92. The van der Waals surface area contributed by atoms with Crippen molar-refractivity contribution in [1.82, 2.24) is 15.6 Å². The molecule has 1 saturated heterocycles. The highest BCUT2D eigenvalue weighted by atomic mass is 127. The van der Waals surface area contributed by atoms with Gasteiger partial charge in [0.15, 0.2) is 5.96 Å². The van der Waals surface area contributed by atoms with Gasteiger partial charge in [-0.2, -0.15) is 0 Å². The molecule has 164 valence electrons. The molecule has 2 aromatic rings. The minimum absolute atomic E-state index is 0. The fraction of sp³-hybridized carbons (Fsp3) is 0.429. The van der Waals surface area contributed by atoms with Crippen molar-refractivity contribution in [2.24, 2.45) is 4.99 Å². The topological polar surface area (TPSA) is 80.2 Å². The minimum Gasteiger partial charge on any atom is -0.497 e. The summed E-state index contributed by atoms with van der Waals surface area (Å²) in [4.78, 5) is 10.9. The zero-order valence-corrected chi connectivity index (χ0v) is 20.2. The fourth-order valence-electron chi connectivity index (χ4n) is 3.30. The number of ether oxygens (including phenoxy) is 3. The first-order valence-electron chi connectivity index (χ1n) is 9.59. The number of benzene rings is 1. The van der Waals surface area contributed by atoms with Crippen LogP contribution in [0, 0.1) is 0 Å². The van der Waals surface area contributed by atoms with Crippen LogP contribution < -0.4 is 29.7 Å². The van der Waals surface area contributed by atoms with Crippen LogP contribution in [0.4, 0.5) is 5.69 Å². The van der Waals surface area contributed by atoms with Gasteiger partial charge in [-0.25, -0.2) is 4.98 Å². The van der Waals surface area contributed by atoms with Crippen LogP contribution in [0.15, 0.2) is 41.5 Å². The van der Waals surface area contributed by atoms with E-state index in [-0.39, 0.29) is 24.0 Å². The number of aliphatic imine (C=N–C) groups is 1. The quantitative estimate of drug-likeness (QED) is 0.326. The number of methoxy groups -OCH3 is 3. The van der Waals surface area contributed by atoms with Crippen molar-refractivity contribution in [2.75, 3.05) is 46.4 Å². The maximum Gasteiger partial charge on any atom is 0.212 e. The molecule has 2 N–H and O–H groups in total. The van der Waals surface area contributed by atoms with Gasteiger partial charge in [-0.05, 0) is 12.0 Å². The molecule has 9 heteroatoms. The van der Waals surface area contributed by atoms with Gasteiger partial charge in [-0.3, -0.25) is 4.99 Å². The second-order valence-corrected chi connectivity index (χ2v) is 6.78. The molecular weight excluding hydrogens is 497 g/mol. The van der Waals surface area contributed by atoms with E-state index in [9.17, 15) is 0 Å². The van der Waals surface area contributed by atoms with Crippen molar-refractivity contribution < 1.29 is 14.2 Å². The van der Waals surface area contributed by atoms with Gasteiger partial charge in [0, 0.05) is 68.9 Å². The second-order valence-electron chi connectivity index (χ2n) is 6.78. The fourth-order valence-corrected chi connectivity index (χ4v) is 3.30. The van der Waals surface area contributed by atoms with E-state index in [0.29, 0.717) is 18.5 Å². The summed E-state index contributed by atoms with van der Waals surface area (Å²) >= 11 is 0. The second kappa shape index (κ2) is 11.7. The zero-order chi connectivity index (χ0) is 20.6. The molecule has 1 atom stereocenters. The van der Waals surface area contributed by atoms with Crippen LogP contribution in [0.3, 0.4) is 0 Å². The Hall–Kier alpha value is -2.43. The largest absolute Gasteiger partial charge is 0.497 e. The van der Waals surface area contributed by atoms with Crippen LogP contribution in [0.2, 0.25) is 0 Å². The number of guanidine groups is 1. The molecule has 1 aliphatic rings. The lowest BCUT2D eigenvalue weighted by Crippen LogP contribution is -2.44. The Bertz CT molecular complexity index is 810. The molecule has 1 fully saturated rings. The predicted octanol–water partition coefficient (Wildman–Crippen LogP) is 2.67. The Morgan fingerprint density at radius 3 is 2.43 bits per heavy atom. The molecule has 0 saturated carbocycles. The van der Waals surface area contributed by atoms with E-state index in [4.69, 9.17) is 14.2 Å². The smallest absolute Gasteiger partial charge is 0.212 e. The molecule has 0 radical (unpaired) electrons. The Morgan fingerprint density at radius 2 is 1.87 bits per heavy atom. The van der Waals surface area contributed by atoms with Crippen LogP contribution in [0.1, 0.15) is 12.0 Å². The summed E-state index contributed by atoms with van der Waals surface area (Å²) in [6, 6.07) is 10.1. The highest BCUT2D eigenvalue weighted by molar-refractivity contribution is 14.0. The summed E-state index contributed by atoms with van der Waals surface area (Å²) in [7, 11) is 6.72. The number of nitrogens with one attached hydrogen (secondary N) is 2. The third kappa shape index (κ3) is 6.28. The summed E-state index contributed by atoms with van der Waals surface area (Å²) in [5.74, 6) is 2.97. The van der Waals surface area contributed by atoms with E-state index in [1.165, 1.54) is 0 Å². The van der Waals surface area contributed by atoms with E-state index in [2.05, 4.69) is 25.5 Å². The Kier molecular flexibility index (Phi) is 9.28. The van der Waals surface area contributed by atoms with E-state index in [0.717, 1.165) is 48.2 Å². The van der Waals surface area contributed by atoms with E-state index in [1.54, 1.807) is 34.6 Å². The molecule has 8 nitrogen and oxygen atoms in total. The number of hydrogen-bond donors (Lipinski definition) is 2. The summed E-state index contributed by atoms with van der Waals surface area (Å²) < 4.78 is 15.9. The van der Waals surface area contributed by atoms with Crippen LogP contribution >= 0.6 is 24.0 Å². The molecule has 0 spiro atoms. The first kappa shape index (κ1) is 23.8. The zero-order valence-electron chi connectivity index (χ0n) is 17.8. The number of halogens is 1. The predicted molar refractivity (Wildman–Crippen MR) is 130 cm³/mol. The lowest BCUT2D eigenvalue weighted by Gasteiger charge is -2.21. The number of rotatable bonds is 7. The van der Waals surface area contributed by atoms with Crippen LogP contribution in [-0.4, -0.2) is 58.5 Å². The number of anilines is 1. The Morgan fingerprint density at radius 1 is 1.13 bits per heavy atom. The maximum absolute atomic E-state index is 5.39. The number of aromatic nitrogens is 1. The Balaban J connectivity index is 0.00000320. The molecular formula is C21H30IN5O3. The molecule has 30 heavy (non-hydrogen) atoms. The number of pyridine rings is 1. The summed E-state index contributed by atoms with van der Waals surface area (Å²) in [6.45, 7) is 2.47. The normalized spacial score (nSPS) is 15.9. The first-order chi connectivity index (χ1) is 14.1. The van der Waals surface area contributed by atoms with Gasteiger partial charge in [0.05, 0.1) is 21.3 Å². The monoisotopic (exact) mass is 527 g/mol. The number of hydrogen-bond acceptors (Lipinski definition) is 6. The van der Waals surface area contributed by atoms with Gasteiger partial charge in [-0.1, -0.05) is 6.07 Å². The molecule has 3 rings (SSSR count). The lowest BCUT2D eigenvalue weighted by molar-refractivity contribution is 0.394. The SMILES string of the molecule is CN=C(NCc1ccc(OC)nc1)NC1CCN(c2cc(OC)cc(OC)c2)C1.I. The summed E-state index contributed by atoms with van der Waals surface area (Å²) in [5, 5.41) is 6.85. The highest BCUT2D eigenvalue weighted by Crippen LogP contribution is 2.30. The molecule has 0 amide bonds. The van der Waals surface area contributed by atoms with Crippen molar-refractivity contribution in [3.8, 4) is 17.4 Å². The summed E-state index contributed by atoms with van der Waals surface area (Å²) in [5.41, 5.74) is 2.16. The van der Waals surface area contributed by atoms with Gasteiger partial charge in [0.25, 0.3) is 0 Å². The van der Waals surface area contributed by atoms with E-state index in [1.807, 2.05) is 30.3 Å². The van der Waals surface area contributed by atoms with E-state index < -0.39 is 0 Å². The third-order valence-electron chi connectivity index (χ3n) is 4.92. The van der Waals surface area contributed by atoms with Crippen LogP contribution in [-0.2, 0) is 6.54 Å². The maximum atomic E-state index is 5.39. The molecule has 1 aromatic heterocycles. The van der Waals surface area contributed by atoms with Gasteiger partial charge in [0.2, 0.25) is 5.88 Å². The minimum atomic E-state index is 0. The lowest BCUT2D eigenvalue weighted by atomic mass is 10.2. The average molecular weight is 527 g/mol. The van der Waals surface area contributed by atoms with Crippen LogP contribution in [0.25, 0.3) is 0 Å². The van der Waals surface area contributed by atoms with Crippen molar-refractivity contribution in [2.45, 2.75) is 19.0 Å². The summed E-state index contributed by atoms with van der Waals surface area (Å²) in [6.07, 6.45) is 2.82. The van der Waals surface area contributed by atoms with Gasteiger partial charge >= 0.3 is 0 Å². The van der Waals surface area contributed by atoms with Crippen molar-refractivity contribution in [3.63, 3.8) is 0 Å². The van der Waals surface area contributed by atoms with E-state index >= 15 is 0 Å². The molecule has 1 aromatic carbocycles. The molecule has 0 bridgehead atoms. The molecule has 2 heterocycles. The van der Waals surface area contributed by atoms with Gasteiger partial charge < -0.3 is 29.7 Å². The number of nitrogens with zero attached hydrogens (tertiary/aromatic N) is 3. The van der Waals surface area contributed by atoms with Crippen molar-refractivity contribution in [3.05, 3.63) is 42.1 Å². The molecule has 1 unspecified atom stereocenters. The molecule has 0 aliphatic carbocycles. The van der Waals surface area contributed by atoms with Gasteiger partial charge in [0.1, 0.15) is 11.5 Å². The van der Waals surface area contributed by atoms with Crippen molar-refractivity contribution in [1.29, 1.82) is 0 Å². The van der Waals surface area contributed by atoms with Crippen molar-refractivity contribution >= 4 is 35.6 Å².